The summed E-state index contributed by atoms with van der Waals surface area (Å²) in [5, 5.41) is 4.13. The molecule has 28 heavy (non-hydrogen) atoms. The van der Waals surface area contributed by atoms with Crippen LogP contribution in [0.4, 0.5) is 0 Å². The van der Waals surface area contributed by atoms with Crippen molar-refractivity contribution in [1.29, 1.82) is 0 Å². The monoisotopic (exact) mass is 451 g/mol. The largest absolute Gasteiger partial charge is 0.384 e. The maximum atomic E-state index is 13.3. The Hall–Kier alpha value is -0.560. The van der Waals surface area contributed by atoms with Gasteiger partial charge in [-0.15, -0.1) is 24.8 Å². The zero-order valence-corrected chi connectivity index (χ0v) is 18.9. The SMILES string of the molecule is COCC1(C(=O)N2CCCN(Cc3ccc(Cl)cc3)CC2)CCNCC1.Cl.Cl. The molecular weight excluding hydrogens is 421 g/mol. The van der Waals surface area contributed by atoms with E-state index in [-0.39, 0.29) is 36.1 Å². The van der Waals surface area contributed by atoms with Crippen molar-refractivity contribution in [2.45, 2.75) is 25.8 Å². The lowest BCUT2D eigenvalue weighted by Crippen LogP contribution is -2.52. The summed E-state index contributed by atoms with van der Waals surface area (Å²) in [4.78, 5) is 17.8. The molecule has 3 rings (SSSR count). The molecule has 1 aromatic rings. The van der Waals surface area contributed by atoms with E-state index in [0.717, 1.165) is 70.1 Å². The first-order valence-electron chi connectivity index (χ1n) is 9.59. The third-order valence-corrected chi connectivity index (χ3v) is 5.88. The van der Waals surface area contributed by atoms with Crippen LogP contribution in [0.5, 0.6) is 0 Å². The van der Waals surface area contributed by atoms with E-state index in [1.165, 1.54) is 5.56 Å². The van der Waals surface area contributed by atoms with Crippen molar-refractivity contribution in [3.8, 4) is 0 Å². The number of amides is 1. The summed E-state index contributed by atoms with van der Waals surface area (Å²) in [5.41, 5.74) is 0.925. The second kappa shape index (κ2) is 12.2. The third-order valence-electron chi connectivity index (χ3n) is 5.63. The summed E-state index contributed by atoms with van der Waals surface area (Å²) in [6.07, 6.45) is 2.75. The number of halogens is 3. The highest BCUT2D eigenvalue weighted by molar-refractivity contribution is 6.30. The van der Waals surface area contributed by atoms with Crippen molar-refractivity contribution in [2.24, 2.45) is 5.41 Å². The van der Waals surface area contributed by atoms with Crippen LogP contribution in [-0.2, 0) is 16.1 Å². The van der Waals surface area contributed by atoms with Crippen molar-refractivity contribution in [3.63, 3.8) is 0 Å². The second-order valence-corrected chi connectivity index (χ2v) is 7.95. The lowest BCUT2D eigenvalue weighted by atomic mass is 9.78. The van der Waals surface area contributed by atoms with Crippen LogP contribution in [0, 0.1) is 5.41 Å². The fourth-order valence-electron chi connectivity index (χ4n) is 4.12. The number of carbonyl (C=O) groups is 1. The van der Waals surface area contributed by atoms with Gasteiger partial charge in [0, 0.05) is 44.9 Å². The van der Waals surface area contributed by atoms with Gasteiger partial charge in [-0.2, -0.15) is 0 Å². The first kappa shape index (κ1) is 25.5. The molecule has 0 saturated carbocycles. The molecule has 8 heteroatoms. The van der Waals surface area contributed by atoms with Crippen molar-refractivity contribution >= 4 is 42.3 Å². The van der Waals surface area contributed by atoms with Gasteiger partial charge >= 0.3 is 0 Å². The minimum Gasteiger partial charge on any atom is -0.384 e. The summed E-state index contributed by atoms with van der Waals surface area (Å²) in [7, 11) is 1.70. The predicted molar refractivity (Wildman–Crippen MR) is 119 cm³/mol. The van der Waals surface area contributed by atoms with Crippen molar-refractivity contribution < 1.29 is 9.53 Å². The maximum absolute atomic E-state index is 13.3. The van der Waals surface area contributed by atoms with Crippen molar-refractivity contribution in [1.82, 2.24) is 15.1 Å². The average molecular weight is 453 g/mol. The molecule has 2 fully saturated rings. The maximum Gasteiger partial charge on any atom is 0.231 e. The van der Waals surface area contributed by atoms with Crippen LogP contribution in [0.25, 0.3) is 0 Å². The zero-order valence-electron chi connectivity index (χ0n) is 16.5. The Morgan fingerprint density at radius 2 is 1.79 bits per heavy atom. The molecule has 1 N–H and O–H groups in total. The Morgan fingerprint density at radius 1 is 1.11 bits per heavy atom. The molecule has 1 amide bonds. The number of hydrogen-bond acceptors (Lipinski definition) is 4. The molecule has 2 aliphatic rings. The minimum atomic E-state index is -0.342. The van der Waals surface area contributed by atoms with Crippen LogP contribution in [-0.4, -0.2) is 68.7 Å². The molecule has 2 saturated heterocycles. The molecule has 0 aliphatic carbocycles. The topological polar surface area (TPSA) is 44.8 Å². The highest BCUT2D eigenvalue weighted by Gasteiger charge is 2.42. The van der Waals surface area contributed by atoms with Crippen molar-refractivity contribution in [2.75, 3.05) is 53.0 Å². The summed E-state index contributed by atoms with van der Waals surface area (Å²) >= 11 is 5.97. The molecule has 0 radical (unpaired) electrons. The van der Waals surface area contributed by atoms with E-state index in [9.17, 15) is 4.79 Å². The van der Waals surface area contributed by atoms with Gasteiger partial charge in [0.25, 0.3) is 0 Å². The number of ether oxygens (including phenoxy) is 1. The Labute approximate surface area is 185 Å². The molecule has 2 heterocycles. The van der Waals surface area contributed by atoms with Gasteiger partial charge in [-0.3, -0.25) is 9.69 Å². The summed E-state index contributed by atoms with van der Waals surface area (Å²) < 4.78 is 5.44. The number of hydrogen-bond donors (Lipinski definition) is 1. The van der Waals surface area contributed by atoms with Gasteiger partial charge in [-0.25, -0.2) is 0 Å². The molecule has 5 nitrogen and oxygen atoms in total. The molecule has 0 bridgehead atoms. The molecule has 0 unspecified atom stereocenters. The van der Waals surface area contributed by atoms with E-state index in [0.29, 0.717) is 6.61 Å². The summed E-state index contributed by atoms with van der Waals surface area (Å²) in [5.74, 6) is 0.286. The fourth-order valence-corrected chi connectivity index (χ4v) is 4.24. The number of nitrogens with zero attached hydrogens (tertiary/aromatic N) is 2. The lowest BCUT2D eigenvalue weighted by molar-refractivity contribution is -0.147. The lowest BCUT2D eigenvalue weighted by Gasteiger charge is -2.39. The molecule has 0 aromatic heterocycles. The Morgan fingerprint density at radius 3 is 2.43 bits per heavy atom. The van der Waals surface area contributed by atoms with Gasteiger partial charge in [0.05, 0.1) is 12.0 Å². The average Bonchev–Trinajstić information content (AvgIpc) is 2.89. The van der Waals surface area contributed by atoms with E-state index >= 15 is 0 Å². The second-order valence-electron chi connectivity index (χ2n) is 7.51. The summed E-state index contributed by atoms with van der Waals surface area (Å²) in [6, 6.07) is 8.05. The molecule has 160 valence electrons. The number of nitrogens with one attached hydrogen (secondary N) is 1. The first-order valence-corrected chi connectivity index (χ1v) is 9.97. The van der Waals surface area contributed by atoms with Crippen LogP contribution in [0.3, 0.4) is 0 Å². The number of methoxy groups -OCH3 is 1. The van der Waals surface area contributed by atoms with Crippen molar-refractivity contribution in [3.05, 3.63) is 34.9 Å². The molecule has 0 atom stereocenters. The van der Waals surface area contributed by atoms with Gasteiger partial charge in [0.1, 0.15) is 0 Å². The summed E-state index contributed by atoms with van der Waals surface area (Å²) in [6.45, 7) is 6.79. The first-order chi connectivity index (χ1) is 12.6. The van der Waals surface area contributed by atoms with Crippen LogP contribution < -0.4 is 5.32 Å². The quantitative estimate of drug-likeness (QED) is 0.745. The zero-order chi connectivity index (χ0) is 18.4. The van der Waals surface area contributed by atoms with Gasteiger partial charge in [-0.1, -0.05) is 23.7 Å². The minimum absolute atomic E-state index is 0. The molecule has 0 spiro atoms. The van der Waals surface area contributed by atoms with Crippen LogP contribution in [0.2, 0.25) is 5.02 Å². The van der Waals surface area contributed by atoms with E-state index in [2.05, 4.69) is 27.2 Å². The molecular formula is C20H32Cl3N3O2. The predicted octanol–water partition coefficient (Wildman–Crippen LogP) is 3.23. The highest BCUT2D eigenvalue weighted by atomic mass is 35.5. The van der Waals surface area contributed by atoms with Gasteiger partial charge in [0.15, 0.2) is 0 Å². The number of rotatable bonds is 5. The van der Waals surface area contributed by atoms with E-state index in [1.54, 1.807) is 7.11 Å². The van der Waals surface area contributed by atoms with Gasteiger partial charge in [-0.05, 0) is 50.0 Å². The Kier molecular flexibility index (Phi) is 11.1. The smallest absolute Gasteiger partial charge is 0.231 e. The number of piperidine rings is 1. The van der Waals surface area contributed by atoms with Crippen LogP contribution >= 0.6 is 36.4 Å². The number of carbonyl (C=O) groups excluding carboxylic acids is 1. The normalized spacial score (nSPS) is 19.9. The molecule has 2 aliphatic heterocycles. The Balaban J connectivity index is 0.00000196. The van der Waals surface area contributed by atoms with Crippen LogP contribution in [0.1, 0.15) is 24.8 Å². The fraction of sp³-hybridized carbons (Fsp3) is 0.650. The highest BCUT2D eigenvalue weighted by Crippen LogP contribution is 2.32. The van der Waals surface area contributed by atoms with Gasteiger partial charge < -0.3 is 15.0 Å². The van der Waals surface area contributed by atoms with E-state index in [1.807, 2.05) is 12.1 Å². The van der Waals surface area contributed by atoms with Crippen LogP contribution in [0.15, 0.2) is 24.3 Å². The number of benzene rings is 1. The van der Waals surface area contributed by atoms with E-state index < -0.39 is 0 Å². The van der Waals surface area contributed by atoms with E-state index in [4.69, 9.17) is 16.3 Å². The Bertz CT molecular complexity index is 589. The molecule has 1 aromatic carbocycles. The standard InChI is InChI=1S/C20H30ClN3O2.2ClH/c1-26-16-20(7-9-22-10-8-20)19(25)24-12-2-11-23(13-14-24)15-17-3-5-18(21)6-4-17;;/h3-6,22H,2,7-16H2,1H3;2*1H. The third kappa shape index (κ3) is 6.48. The van der Waals surface area contributed by atoms with Gasteiger partial charge in [0.2, 0.25) is 5.91 Å².